The Morgan fingerprint density at radius 3 is 2.19 bits per heavy atom. The second-order valence-electron chi connectivity index (χ2n) is 8.58. The molecule has 0 saturated heterocycles. The first-order valence-corrected chi connectivity index (χ1v) is 11.1. The Morgan fingerprint density at radius 2 is 1.66 bits per heavy atom. The van der Waals surface area contributed by atoms with E-state index in [1.165, 1.54) is 4.90 Å². The lowest BCUT2D eigenvalue weighted by atomic mass is 9.98. The van der Waals surface area contributed by atoms with Crippen LogP contribution in [-0.4, -0.2) is 54.2 Å². The molecule has 0 aliphatic heterocycles. The number of amides is 2. The molecule has 1 fully saturated rings. The van der Waals surface area contributed by atoms with E-state index in [9.17, 15) is 14.4 Å². The number of fused-ring (bicyclic) bond motifs is 3. The van der Waals surface area contributed by atoms with Gasteiger partial charge in [-0.3, -0.25) is 9.59 Å². The van der Waals surface area contributed by atoms with Gasteiger partial charge in [-0.25, -0.2) is 4.79 Å². The summed E-state index contributed by atoms with van der Waals surface area (Å²) in [5.41, 5.74) is 3.89. The lowest BCUT2D eigenvalue weighted by Crippen LogP contribution is -2.45. The monoisotopic (exact) mass is 436 g/mol. The Bertz CT molecular complexity index is 985. The Morgan fingerprint density at radius 1 is 1.06 bits per heavy atom. The molecule has 2 aliphatic rings. The van der Waals surface area contributed by atoms with Crippen LogP contribution in [0.25, 0.3) is 11.1 Å². The average Bonchev–Trinajstić information content (AvgIpc) is 3.52. The molecule has 2 aromatic rings. The van der Waals surface area contributed by atoms with Crippen LogP contribution in [0.4, 0.5) is 4.79 Å². The van der Waals surface area contributed by atoms with Crippen molar-refractivity contribution in [2.75, 3.05) is 26.2 Å². The number of hydrogen-bond donors (Lipinski definition) is 2. The maximum atomic E-state index is 12.9. The van der Waals surface area contributed by atoms with E-state index in [-0.39, 0.29) is 31.5 Å². The fourth-order valence-electron chi connectivity index (χ4n) is 4.53. The van der Waals surface area contributed by atoms with Gasteiger partial charge in [0.1, 0.15) is 13.2 Å². The van der Waals surface area contributed by atoms with E-state index < -0.39 is 17.5 Å². The minimum Gasteiger partial charge on any atom is -0.480 e. The van der Waals surface area contributed by atoms with Crippen LogP contribution < -0.4 is 5.32 Å². The van der Waals surface area contributed by atoms with Gasteiger partial charge in [0, 0.05) is 19.0 Å². The number of alkyl carbamates (subject to hydrolysis) is 1. The predicted molar refractivity (Wildman–Crippen MR) is 119 cm³/mol. The SMILES string of the molecule is CCCN(CC(=O)O)C(=O)C1(CNC(=O)OCC2c3ccccc3-c3ccccc32)CC1. The smallest absolute Gasteiger partial charge is 0.407 e. The van der Waals surface area contributed by atoms with E-state index in [1.807, 2.05) is 31.2 Å². The van der Waals surface area contributed by atoms with E-state index in [0.29, 0.717) is 25.8 Å². The summed E-state index contributed by atoms with van der Waals surface area (Å²) in [6.07, 6.45) is 1.38. The lowest BCUT2D eigenvalue weighted by molar-refractivity contribution is -0.147. The summed E-state index contributed by atoms with van der Waals surface area (Å²) < 4.78 is 5.55. The summed E-state index contributed by atoms with van der Waals surface area (Å²) in [4.78, 5) is 37.8. The number of hydrogen-bond acceptors (Lipinski definition) is 4. The Labute approximate surface area is 187 Å². The van der Waals surface area contributed by atoms with Crippen molar-refractivity contribution in [2.45, 2.75) is 32.1 Å². The maximum absolute atomic E-state index is 12.9. The largest absolute Gasteiger partial charge is 0.480 e. The average molecular weight is 437 g/mol. The number of carboxylic acids is 1. The van der Waals surface area contributed by atoms with Gasteiger partial charge in [-0.05, 0) is 41.5 Å². The standard InChI is InChI=1S/C25H28N2O5/c1-2-13-27(14-22(28)29)23(30)25(11-12-25)16-26-24(31)32-15-21-19-9-5-3-7-17(19)18-8-4-6-10-20(18)21/h3-10,21H,2,11-16H2,1H3,(H,26,31)(H,28,29). The number of ether oxygens (including phenoxy) is 1. The van der Waals surface area contributed by atoms with Crippen LogP contribution in [-0.2, 0) is 14.3 Å². The molecular formula is C25H28N2O5. The van der Waals surface area contributed by atoms with Crippen LogP contribution in [0, 0.1) is 5.41 Å². The topological polar surface area (TPSA) is 95.9 Å². The first-order valence-electron chi connectivity index (χ1n) is 11.1. The number of carbonyl (C=O) groups excluding carboxylic acids is 2. The molecule has 2 N–H and O–H groups in total. The molecule has 7 nitrogen and oxygen atoms in total. The Balaban J connectivity index is 1.35. The molecule has 2 amide bonds. The fourth-order valence-corrected chi connectivity index (χ4v) is 4.53. The third kappa shape index (κ3) is 4.33. The summed E-state index contributed by atoms with van der Waals surface area (Å²) in [6, 6.07) is 16.3. The second kappa shape index (κ2) is 9.02. The van der Waals surface area contributed by atoms with Crippen molar-refractivity contribution in [3.05, 3.63) is 59.7 Å². The summed E-state index contributed by atoms with van der Waals surface area (Å²) in [5, 5.41) is 11.8. The van der Waals surface area contributed by atoms with Gasteiger partial charge in [-0.2, -0.15) is 0 Å². The second-order valence-corrected chi connectivity index (χ2v) is 8.58. The minimum absolute atomic E-state index is 0.0275. The van der Waals surface area contributed by atoms with Crippen molar-refractivity contribution in [2.24, 2.45) is 5.41 Å². The highest BCUT2D eigenvalue weighted by molar-refractivity contribution is 5.89. The summed E-state index contributed by atoms with van der Waals surface area (Å²) in [5.74, 6) is -1.27. The van der Waals surface area contributed by atoms with E-state index in [4.69, 9.17) is 9.84 Å². The molecule has 32 heavy (non-hydrogen) atoms. The number of nitrogens with zero attached hydrogens (tertiary/aromatic N) is 1. The highest BCUT2D eigenvalue weighted by Gasteiger charge is 2.52. The molecule has 4 rings (SSSR count). The number of carboxylic acid groups (broad SMARTS) is 1. The first kappa shape index (κ1) is 21.9. The molecule has 0 spiro atoms. The molecule has 0 heterocycles. The zero-order chi connectivity index (χ0) is 22.7. The van der Waals surface area contributed by atoms with Crippen LogP contribution in [0.15, 0.2) is 48.5 Å². The van der Waals surface area contributed by atoms with Gasteiger partial charge < -0.3 is 20.1 Å². The van der Waals surface area contributed by atoms with Gasteiger partial charge in [0.15, 0.2) is 0 Å². The van der Waals surface area contributed by atoms with Crippen LogP contribution in [0.5, 0.6) is 0 Å². The van der Waals surface area contributed by atoms with Crippen molar-refractivity contribution in [3.63, 3.8) is 0 Å². The van der Waals surface area contributed by atoms with Crippen molar-refractivity contribution in [1.82, 2.24) is 10.2 Å². The van der Waals surface area contributed by atoms with Crippen molar-refractivity contribution < 1.29 is 24.2 Å². The number of carbonyl (C=O) groups is 3. The zero-order valence-electron chi connectivity index (χ0n) is 18.2. The summed E-state index contributed by atoms with van der Waals surface area (Å²) >= 11 is 0. The molecule has 0 bridgehead atoms. The van der Waals surface area contributed by atoms with Crippen molar-refractivity contribution in [3.8, 4) is 11.1 Å². The fraction of sp³-hybridized carbons (Fsp3) is 0.400. The van der Waals surface area contributed by atoms with E-state index >= 15 is 0 Å². The Kier molecular flexibility index (Phi) is 6.17. The van der Waals surface area contributed by atoms with E-state index in [0.717, 1.165) is 22.3 Å². The number of aliphatic carboxylic acids is 1. The zero-order valence-corrected chi connectivity index (χ0v) is 18.2. The first-order chi connectivity index (χ1) is 15.4. The van der Waals surface area contributed by atoms with Gasteiger partial charge >= 0.3 is 12.1 Å². The third-order valence-electron chi connectivity index (χ3n) is 6.33. The lowest BCUT2D eigenvalue weighted by Gasteiger charge is -2.25. The summed E-state index contributed by atoms with van der Waals surface area (Å²) in [6.45, 7) is 2.33. The van der Waals surface area contributed by atoms with Crippen LogP contribution in [0.1, 0.15) is 43.2 Å². The minimum atomic E-state index is -1.04. The number of rotatable bonds is 9. The maximum Gasteiger partial charge on any atom is 0.407 e. The normalized spacial score (nSPS) is 15.4. The van der Waals surface area contributed by atoms with Crippen LogP contribution in [0.3, 0.4) is 0 Å². The molecule has 168 valence electrons. The van der Waals surface area contributed by atoms with Gasteiger partial charge in [0.05, 0.1) is 5.41 Å². The molecule has 0 unspecified atom stereocenters. The molecule has 0 aromatic heterocycles. The highest BCUT2D eigenvalue weighted by Crippen LogP contribution is 2.47. The number of nitrogens with one attached hydrogen (secondary N) is 1. The van der Waals surface area contributed by atoms with Gasteiger partial charge in [-0.1, -0.05) is 55.5 Å². The van der Waals surface area contributed by atoms with Gasteiger partial charge in [-0.15, -0.1) is 0 Å². The van der Waals surface area contributed by atoms with Crippen molar-refractivity contribution >= 4 is 18.0 Å². The molecule has 1 saturated carbocycles. The van der Waals surface area contributed by atoms with Gasteiger partial charge in [0.2, 0.25) is 5.91 Å². The van der Waals surface area contributed by atoms with E-state index in [1.54, 1.807) is 0 Å². The number of benzene rings is 2. The molecule has 2 aromatic carbocycles. The molecule has 0 radical (unpaired) electrons. The highest BCUT2D eigenvalue weighted by atomic mass is 16.5. The van der Waals surface area contributed by atoms with Crippen LogP contribution in [0.2, 0.25) is 0 Å². The van der Waals surface area contributed by atoms with Gasteiger partial charge in [0.25, 0.3) is 0 Å². The molecule has 2 aliphatic carbocycles. The molecule has 0 atom stereocenters. The van der Waals surface area contributed by atoms with E-state index in [2.05, 4.69) is 29.6 Å². The van der Waals surface area contributed by atoms with Crippen LogP contribution >= 0.6 is 0 Å². The molecular weight excluding hydrogens is 408 g/mol. The summed E-state index contributed by atoms with van der Waals surface area (Å²) in [7, 11) is 0. The Hall–Kier alpha value is -3.35. The molecule has 7 heteroatoms. The quantitative estimate of drug-likeness (QED) is 0.626. The third-order valence-corrected chi connectivity index (χ3v) is 6.33. The predicted octanol–water partition coefficient (Wildman–Crippen LogP) is 3.63. The van der Waals surface area contributed by atoms with Crippen molar-refractivity contribution in [1.29, 1.82) is 0 Å².